The molecule has 0 radical (unpaired) electrons. The van der Waals surface area contributed by atoms with Crippen molar-refractivity contribution < 1.29 is 19.1 Å². The lowest BCUT2D eigenvalue weighted by Crippen LogP contribution is -2.41. The standard InChI is InChI=1S/C16H24NO3/c1-13(2)16(19)20-15(18)10-11-17(3,4)12-14-8-6-5-7-9-14/h5-9,15,18H,1,10-12H2,2-4H3/q+1. The number of aliphatic hydroxyl groups excluding tert-OH is 1. The number of quaternary nitrogens is 1. The van der Waals surface area contributed by atoms with Gasteiger partial charge in [-0.1, -0.05) is 36.9 Å². The summed E-state index contributed by atoms with van der Waals surface area (Å²) in [5.41, 5.74) is 1.54. The van der Waals surface area contributed by atoms with E-state index >= 15 is 0 Å². The van der Waals surface area contributed by atoms with Gasteiger partial charge in [-0.05, 0) is 6.92 Å². The Morgan fingerprint density at radius 1 is 1.35 bits per heavy atom. The fraction of sp³-hybridized carbons (Fsp3) is 0.438. The number of ether oxygens (including phenoxy) is 1. The van der Waals surface area contributed by atoms with Crippen LogP contribution in [0, 0.1) is 0 Å². The molecule has 1 unspecified atom stereocenters. The molecule has 0 aromatic heterocycles. The lowest BCUT2D eigenvalue weighted by molar-refractivity contribution is -0.904. The van der Waals surface area contributed by atoms with Crippen LogP contribution in [-0.4, -0.2) is 42.5 Å². The van der Waals surface area contributed by atoms with E-state index in [2.05, 4.69) is 32.8 Å². The van der Waals surface area contributed by atoms with Gasteiger partial charge in [-0.25, -0.2) is 4.79 Å². The summed E-state index contributed by atoms with van der Waals surface area (Å²) in [5, 5.41) is 9.70. The van der Waals surface area contributed by atoms with Crippen molar-refractivity contribution in [2.45, 2.75) is 26.2 Å². The Morgan fingerprint density at radius 3 is 2.50 bits per heavy atom. The monoisotopic (exact) mass is 278 g/mol. The van der Waals surface area contributed by atoms with Gasteiger partial charge in [0.25, 0.3) is 0 Å². The molecule has 0 bridgehead atoms. The van der Waals surface area contributed by atoms with Crippen molar-refractivity contribution in [3.8, 4) is 0 Å². The van der Waals surface area contributed by atoms with E-state index in [1.54, 1.807) is 6.92 Å². The van der Waals surface area contributed by atoms with Crippen LogP contribution in [0.1, 0.15) is 18.9 Å². The molecule has 1 rings (SSSR count). The van der Waals surface area contributed by atoms with E-state index in [9.17, 15) is 9.90 Å². The van der Waals surface area contributed by atoms with Crippen molar-refractivity contribution in [1.82, 2.24) is 0 Å². The van der Waals surface area contributed by atoms with Gasteiger partial charge in [0.15, 0.2) is 0 Å². The minimum Gasteiger partial charge on any atom is -0.432 e. The van der Waals surface area contributed by atoms with Crippen LogP contribution in [0.15, 0.2) is 42.5 Å². The molecule has 0 fully saturated rings. The van der Waals surface area contributed by atoms with E-state index in [4.69, 9.17) is 4.74 Å². The third kappa shape index (κ3) is 5.99. The van der Waals surface area contributed by atoms with Crippen molar-refractivity contribution in [2.24, 2.45) is 0 Å². The Labute approximate surface area is 120 Å². The lowest BCUT2D eigenvalue weighted by atomic mass is 10.2. The molecule has 110 valence electrons. The highest BCUT2D eigenvalue weighted by atomic mass is 16.6. The van der Waals surface area contributed by atoms with Crippen LogP contribution < -0.4 is 0 Å². The third-order valence-corrected chi connectivity index (χ3v) is 3.03. The Bertz CT molecular complexity index is 454. The van der Waals surface area contributed by atoms with Gasteiger partial charge in [0.2, 0.25) is 6.29 Å². The zero-order chi connectivity index (χ0) is 15.2. The second kappa shape index (κ2) is 7.22. The van der Waals surface area contributed by atoms with Gasteiger partial charge in [0, 0.05) is 11.1 Å². The maximum absolute atomic E-state index is 11.3. The number of benzene rings is 1. The van der Waals surface area contributed by atoms with E-state index in [1.807, 2.05) is 18.2 Å². The molecule has 0 aliphatic heterocycles. The molecule has 4 heteroatoms. The highest BCUT2D eigenvalue weighted by molar-refractivity contribution is 5.86. The first-order valence-corrected chi connectivity index (χ1v) is 6.71. The van der Waals surface area contributed by atoms with Gasteiger partial charge in [-0.15, -0.1) is 0 Å². The second-order valence-corrected chi connectivity index (χ2v) is 5.73. The zero-order valence-electron chi connectivity index (χ0n) is 12.5. The average molecular weight is 278 g/mol. The summed E-state index contributed by atoms with van der Waals surface area (Å²) in [6, 6.07) is 10.2. The van der Waals surface area contributed by atoms with Gasteiger partial charge in [0.05, 0.1) is 27.1 Å². The molecule has 0 heterocycles. The average Bonchev–Trinajstić information content (AvgIpc) is 2.37. The number of hydrogen-bond donors (Lipinski definition) is 1. The van der Waals surface area contributed by atoms with Crippen molar-refractivity contribution in [1.29, 1.82) is 0 Å². The molecule has 1 N–H and O–H groups in total. The van der Waals surface area contributed by atoms with E-state index < -0.39 is 12.3 Å². The number of carbonyl (C=O) groups is 1. The van der Waals surface area contributed by atoms with Crippen LogP contribution >= 0.6 is 0 Å². The fourth-order valence-corrected chi connectivity index (χ4v) is 1.90. The molecule has 0 spiro atoms. The Kier molecular flexibility index (Phi) is 5.92. The number of hydrogen-bond acceptors (Lipinski definition) is 3. The number of rotatable bonds is 7. The molecule has 0 aliphatic carbocycles. The summed E-state index contributed by atoms with van der Waals surface area (Å²) in [6.07, 6.45) is -0.675. The van der Waals surface area contributed by atoms with Gasteiger partial charge in [0.1, 0.15) is 6.54 Å². The smallest absolute Gasteiger partial charge is 0.335 e. The predicted octanol–water partition coefficient (Wildman–Crippen LogP) is 2.09. The van der Waals surface area contributed by atoms with Crippen LogP contribution in [-0.2, 0) is 16.1 Å². The molecule has 1 aromatic carbocycles. The molecule has 0 saturated heterocycles. The molecule has 0 saturated carbocycles. The van der Waals surface area contributed by atoms with Gasteiger partial charge < -0.3 is 14.3 Å². The maximum atomic E-state index is 11.3. The third-order valence-electron chi connectivity index (χ3n) is 3.03. The highest BCUT2D eigenvalue weighted by Gasteiger charge is 2.20. The van der Waals surface area contributed by atoms with Crippen LogP contribution in [0.25, 0.3) is 0 Å². The van der Waals surface area contributed by atoms with Gasteiger partial charge in [-0.2, -0.15) is 0 Å². The summed E-state index contributed by atoms with van der Waals surface area (Å²) in [6.45, 7) is 6.61. The Hall–Kier alpha value is -1.65. The van der Waals surface area contributed by atoms with E-state index in [0.717, 1.165) is 6.54 Å². The summed E-state index contributed by atoms with van der Waals surface area (Å²) in [4.78, 5) is 11.3. The zero-order valence-corrected chi connectivity index (χ0v) is 12.5. The van der Waals surface area contributed by atoms with Crippen molar-refractivity contribution >= 4 is 5.97 Å². The minimum atomic E-state index is -1.08. The highest BCUT2D eigenvalue weighted by Crippen LogP contribution is 2.11. The van der Waals surface area contributed by atoms with Crippen LogP contribution in [0.2, 0.25) is 0 Å². The van der Waals surface area contributed by atoms with Gasteiger partial charge in [-0.3, -0.25) is 0 Å². The SMILES string of the molecule is C=C(C)C(=O)OC(O)CC[N+](C)(C)Cc1ccccc1. The topological polar surface area (TPSA) is 46.5 Å². The summed E-state index contributed by atoms with van der Waals surface area (Å²) in [7, 11) is 4.17. The van der Waals surface area contributed by atoms with E-state index in [0.29, 0.717) is 23.0 Å². The molecular formula is C16H24NO3+. The number of carbonyl (C=O) groups excluding carboxylic acids is 1. The molecular weight excluding hydrogens is 254 g/mol. The molecule has 0 amide bonds. The molecule has 4 nitrogen and oxygen atoms in total. The second-order valence-electron chi connectivity index (χ2n) is 5.73. The van der Waals surface area contributed by atoms with Crippen molar-refractivity contribution in [3.05, 3.63) is 48.0 Å². The van der Waals surface area contributed by atoms with Crippen LogP contribution in [0.4, 0.5) is 0 Å². The van der Waals surface area contributed by atoms with Crippen LogP contribution in [0.5, 0.6) is 0 Å². The first-order chi connectivity index (χ1) is 9.30. The predicted molar refractivity (Wildman–Crippen MR) is 78.7 cm³/mol. The van der Waals surface area contributed by atoms with E-state index in [1.165, 1.54) is 5.56 Å². The number of esters is 1. The number of nitrogens with zero attached hydrogens (tertiary/aromatic N) is 1. The summed E-state index contributed by atoms with van der Waals surface area (Å²) < 4.78 is 5.58. The Morgan fingerprint density at radius 2 is 1.95 bits per heavy atom. The van der Waals surface area contributed by atoms with E-state index in [-0.39, 0.29) is 0 Å². The molecule has 0 aliphatic rings. The largest absolute Gasteiger partial charge is 0.432 e. The summed E-state index contributed by atoms with van der Waals surface area (Å²) >= 11 is 0. The summed E-state index contributed by atoms with van der Waals surface area (Å²) in [5.74, 6) is -0.550. The van der Waals surface area contributed by atoms with Crippen molar-refractivity contribution in [3.63, 3.8) is 0 Å². The van der Waals surface area contributed by atoms with Gasteiger partial charge >= 0.3 is 5.97 Å². The molecule has 20 heavy (non-hydrogen) atoms. The lowest BCUT2D eigenvalue weighted by Gasteiger charge is -2.30. The molecule has 1 atom stereocenters. The fourth-order valence-electron chi connectivity index (χ4n) is 1.90. The molecule has 1 aromatic rings. The first kappa shape index (κ1) is 16.4. The first-order valence-electron chi connectivity index (χ1n) is 6.71. The maximum Gasteiger partial charge on any atom is 0.335 e. The number of aliphatic hydroxyl groups is 1. The quantitative estimate of drug-likeness (QED) is 0.359. The van der Waals surface area contributed by atoms with Crippen molar-refractivity contribution in [2.75, 3.05) is 20.6 Å². The Balaban J connectivity index is 2.43. The normalized spacial score (nSPS) is 12.8. The van der Waals surface area contributed by atoms with Crippen LogP contribution in [0.3, 0.4) is 0 Å². The minimum absolute atomic E-state index is 0.294.